The second kappa shape index (κ2) is 14.4. The summed E-state index contributed by atoms with van der Waals surface area (Å²) >= 11 is 0. The fourth-order valence-corrected chi connectivity index (χ4v) is 4.96. The van der Waals surface area contributed by atoms with E-state index in [-0.39, 0.29) is 43.7 Å². The number of benzene rings is 2. The standard InChI is InChI=1S/C33H45N3O7/c1-8-42-28(38)15-16-34-30(39)29(25-17-20(2)9-10-21(25)3)36(27-18-22(27)4)31(40)26(35-32(41)43-33(5,6)7)19-23-11-13-24(37)14-12-23/h9-14,17,22,26-27,29,37H,8,15-16,18-19H2,1-7H3,(H,34,39)(H,35,41). The molecule has 0 spiro atoms. The van der Waals surface area contributed by atoms with Gasteiger partial charge in [-0.1, -0.05) is 42.8 Å². The van der Waals surface area contributed by atoms with E-state index in [0.29, 0.717) is 17.5 Å². The monoisotopic (exact) mass is 595 g/mol. The number of nitrogens with zero attached hydrogens (tertiary/aromatic N) is 1. The molecule has 1 fully saturated rings. The van der Waals surface area contributed by atoms with Crippen LogP contribution in [-0.2, 0) is 30.3 Å². The number of rotatable bonds is 12. The van der Waals surface area contributed by atoms with E-state index in [9.17, 15) is 24.3 Å². The van der Waals surface area contributed by atoms with Crippen molar-refractivity contribution in [3.63, 3.8) is 0 Å². The number of alkyl carbamates (subject to hydrolysis) is 1. The Morgan fingerprint density at radius 3 is 2.30 bits per heavy atom. The Kier molecular flexibility index (Phi) is 11.2. The molecule has 43 heavy (non-hydrogen) atoms. The molecule has 3 amide bonds. The van der Waals surface area contributed by atoms with Crippen molar-refractivity contribution < 1.29 is 33.8 Å². The molecule has 0 radical (unpaired) electrons. The van der Waals surface area contributed by atoms with Gasteiger partial charge in [0.15, 0.2) is 0 Å². The molecule has 234 valence electrons. The third-order valence-corrected chi connectivity index (χ3v) is 7.23. The second-order valence-electron chi connectivity index (χ2n) is 12.2. The van der Waals surface area contributed by atoms with Crippen molar-refractivity contribution in [1.82, 2.24) is 15.5 Å². The predicted molar refractivity (Wildman–Crippen MR) is 162 cm³/mol. The zero-order valence-corrected chi connectivity index (χ0v) is 26.2. The Bertz CT molecular complexity index is 1300. The van der Waals surface area contributed by atoms with Crippen LogP contribution in [0.25, 0.3) is 0 Å². The number of carbonyl (C=O) groups is 4. The van der Waals surface area contributed by atoms with Crippen LogP contribution in [0.4, 0.5) is 4.79 Å². The number of nitrogens with one attached hydrogen (secondary N) is 2. The highest BCUT2D eigenvalue weighted by Crippen LogP contribution is 2.41. The molecule has 1 aliphatic carbocycles. The van der Waals surface area contributed by atoms with Crippen molar-refractivity contribution in [1.29, 1.82) is 0 Å². The third kappa shape index (κ3) is 9.73. The predicted octanol–water partition coefficient (Wildman–Crippen LogP) is 4.49. The van der Waals surface area contributed by atoms with Gasteiger partial charge in [-0.3, -0.25) is 14.4 Å². The van der Waals surface area contributed by atoms with Gasteiger partial charge in [0.2, 0.25) is 11.8 Å². The summed E-state index contributed by atoms with van der Waals surface area (Å²) in [7, 11) is 0. The lowest BCUT2D eigenvalue weighted by Gasteiger charge is -2.36. The average molecular weight is 596 g/mol. The van der Waals surface area contributed by atoms with Crippen molar-refractivity contribution in [2.45, 2.75) is 91.5 Å². The topological polar surface area (TPSA) is 134 Å². The van der Waals surface area contributed by atoms with E-state index in [1.165, 1.54) is 12.1 Å². The Morgan fingerprint density at radius 1 is 1.07 bits per heavy atom. The highest BCUT2D eigenvalue weighted by atomic mass is 16.6. The molecule has 2 aromatic carbocycles. The van der Waals surface area contributed by atoms with Crippen LogP contribution in [0, 0.1) is 19.8 Å². The van der Waals surface area contributed by atoms with E-state index in [0.717, 1.165) is 11.1 Å². The smallest absolute Gasteiger partial charge is 0.408 e. The first-order valence-electron chi connectivity index (χ1n) is 14.8. The molecule has 1 saturated carbocycles. The van der Waals surface area contributed by atoms with Crippen molar-refractivity contribution in [2.75, 3.05) is 13.2 Å². The summed E-state index contributed by atoms with van der Waals surface area (Å²) in [6, 6.07) is 9.83. The summed E-state index contributed by atoms with van der Waals surface area (Å²) in [5.74, 6) is -1.06. The van der Waals surface area contributed by atoms with Crippen LogP contribution in [-0.4, -0.2) is 64.7 Å². The second-order valence-corrected chi connectivity index (χ2v) is 12.2. The first kappa shape index (κ1) is 33.4. The Hall–Kier alpha value is -4.08. The molecule has 0 saturated heterocycles. The average Bonchev–Trinajstić information content (AvgIpc) is 3.63. The third-order valence-electron chi connectivity index (χ3n) is 7.23. The van der Waals surface area contributed by atoms with Crippen LogP contribution in [0.5, 0.6) is 5.75 Å². The summed E-state index contributed by atoms with van der Waals surface area (Å²) < 4.78 is 10.5. The van der Waals surface area contributed by atoms with Gasteiger partial charge in [-0.2, -0.15) is 0 Å². The fourth-order valence-electron chi connectivity index (χ4n) is 4.96. The number of phenolic OH excluding ortho intramolecular Hbond substituents is 1. The number of aryl methyl sites for hydroxylation is 2. The maximum absolute atomic E-state index is 14.6. The molecular weight excluding hydrogens is 550 g/mol. The minimum absolute atomic E-state index is 0.00342. The van der Waals surface area contributed by atoms with E-state index in [4.69, 9.17) is 9.47 Å². The van der Waals surface area contributed by atoms with E-state index in [1.54, 1.807) is 44.7 Å². The summed E-state index contributed by atoms with van der Waals surface area (Å²) in [5.41, 5.74) is 2.34. The van der Waals surface area contributed by atoms with Crippen LogP contribution in [0.15, 0.2) is 42.5 Å². The minimum Gasteiger partial charge on any atom is -0.508 e. The van der Waals surface area contributed by atoms with Gasteiger partial charge in [0.1, 0.15) is 23.4 Å². The van der Waals surface area contributed by atoms with Crippen molar-refractivity contribution in [3.05, 3.63) is 64.7 Å². The van der Waals surface area contributed by atoms with Crippen molar-refractivity contribution in [2.24, 2.45) is 5.92 Å². The zero-order valence-electron chi connectivity index (χ0n) is 26.2. The molecule has 4 unspecified atom stereocenters. The van der Waals surface area contributed by atoms with Gasteiger partial charge in [0.25, 0.3) is 0 Å². The number of hydrogen-bond donors (Lipinski definition) is 3. The number of aromatic hydroxyl groups is 1. The molecule has 0 aliphatic heterocycles. The van der Waals surface area contributed by atoms with Gasteiger partial charge in [-0.05, 0) is 82.7 Å². The molecule has 10 nitrogen and oxygen atoms in total. The number of amides is 3. The number of ether oxygens (including phenoxy) is 2. The summed E-state index contributed by atoms with van der Waals surface area (Å²) in [6.07, 6.45) is 0.0496. The SMILES string of the molecule is CCOC(=O)CCNC(=O)C(c1cc(C)ccc1C)N(C(=O)C(Cc1ccc(O)cc1)NC(=O)OC(C)(C)C)C1CC1C. The fraction of sp³-hybridized carbons (Fsp3) is 0.515. The van der Waals surface area contributed by atoms with Crippen molar-refractivity contribution >= 4 is 23.9 Å². The van der Waals surface area contributed by atoms with Crippen LogP contribution in [0.1, 0.15) is 75.8 Å². The van der Waals surface area contributed by atoms with Crippen LogP contribution in [0.2, 0.25) is 0 Å². The highest BCUT2D eigenvalue weighted by molar-refractivity contribution is 5.93. The molecule has 3 rings (SSSR count). The Morgan fingerprint density at radius 2 is 1.72 bits per heavy atom. The summed E-state index contributed by atoms with van der Waals surface area (Å²) in [4.78, 5) is 55.0. The van der Waals surface area contributed by atoms with E-state index >= 15 is 0 Å². The van der Waals surface area contributed by atoms with Gasteiger partial charge >= 0.3 is 12.1 Å². The molecule has 0 bridgehead atoms. The van der Waals surface area contributed by atoms with Gasteiger partial charge in [0, 0.05) is 19.0 Å². The lowest BCUT2D eigenvalue weighted by Crippen LogP contribution is -2.55. The molecule has 0 heterocycles. The van der Waals surface area contributed by atoms with Crippen LogP contribution >= 0.6 is 0 Å². The normalized spacial score (nSPS) is 17.3. The number of carbonyl (C=O) groups excluding carboxylic acids is 4. The highest BCUT2D eigenvalue weighted by Gasteiger charge is 2.48. The molecule has 3 N–H and O–H groups in total. The number of esters is 1. The van der Waals surface area contributed by atoms with Crippen LogP contribution in [0.3, 0.4) is 0 Å². The molecule has 1 aliphatic rings. The zero-order chi connectivity index (χ0) is 31.9. The maximum Gasteiger partial charge on any atom is 0.408 e. The molecular formula is C33H45N3O7. The summed E-state index contributed by atoms with van der Waals surface area (Å²) in [5, 5.41) is 15.4. The lowest BCUT2D eigenvalue weighted by atomic mass is 9.95. The van der Waals surface area contributed by atoms with E-state index < -0.39 is 41.6 Å². The number of phenols is 1. The van der Waals surface area contributed by atoms with Gasteiger partial charge in [-0.25, -0.2) is 4.79 Å². The van der Waals surface area contributed by atoms with E-state index in [2.05, 4.69) is 10.6 Å². The molecule has 0 aromatic heterocycles. The Balaban J connectivity index is 2.03. The molecule has 2 aromatic rings. The molecule has 10 heteroatoms. The lowest BCUT2D eigenvalue weighted by molar-refractivity contribution is -0.145. The van der Waals surface area contributed by atoms with E-state index in [1.807, 2.05) is 39.0 Å². The Labute approximate surface area is 254 Å². The maximum atomic E-state index is 14.6. The summed E-state index contributed by atoms with van der Waals surface area (Å²) in [6.45, 7) is 13.0. The first-order chi connectivity index (χ1) is 20.2. The largest absolute Gasteiger partial charge is 0.508 e. The minimum atomic E-state index is -1.06. The number of hydrogen-bond acceptors (Lipinski definition) is 7. The van der Waals surface area contributed by atoms with Gasteiger partial charge in [0.05, 0.1) is 13.0 Å². The molecule has 4 atom stereocenters. The quantitative estimate of drug-likeness (QED) is 0.308. The van der Waals surface area contributed by atoms with Gasteiger partial charge in [-0.15, -0.1) is 0 Å². The first-order valence-corrected chi connectivity index (χ1v) is 14.8. The van der Waals surface area contributed by atoms with Crippen molar-refractivity contribution in [3.8, 4) is 5.75 Å². The van der Waals surface area contributed by atoms with Gasteiger partial charge < -0.3 is 30.1 Å². The van der Waals surface area contributed by atoms with Crippen LogP contribution < -0.4 is 10.6 Å².